The molecule has 0 saturated carbocycles. The van der Waals surface area contributed by atoms with E-state index in [0.29, 0.717) is 16.1 Å². The van der Waals surface area contributed by atoms with E-state index < -0.39 is 16.7 Å². The van der Waals surface area contributed by atoms with E-state index in [1.807, 2.05) is 0 Å². The summed E-state index contributed by atoms with van der Waals surface area (Å²) in [6, 6.07) is 18.5. The Morgan fingerprint density at radius 2 is 1.61 bits per heavy atom. The normalized spacial score (nSPS) is 11.0. The van der Waals surface area contributed by atoms with Gasteiger partial charge in [0.2, 0.25) is 0 Å². The summed E-state index contributed by atoms with van der Waals surface area (Å²) in [5.74, 6) is -1.15. The first kappa shape index (κ1) is 22.0. The highest BCUT2D eigenvalue weighted by molar-refractivity contribution is 6.36. The van der Waals surface area contributed by atoms with Gasteiger partial charge in [-0.25, -0.2) is 0 Å². The number of carbonyl (C=O) groups excluding carboxylic acids is 2. The number of nitro benzene ring substituents is 1. The zero-order valence-electron chi connectivity index (χ0n) is 15.8. The number of nitro groups is 1. The summed E-state index contributed by atoms with van der Waals surface area (Å²) < 4.78 is 0. The van der Waals surface area contributed by atoms with E-state index in [0.717, 1.165) is 0 Å². The van der Waals surface area contributed by atoms with Crippen LogP contribution in [-0.2, 0) is 4.79 Å². The fourth-order valence-corrected chi connectivity index (χ4v) is 2.92. The van der Waals surface area contributed by atoms with Gasteiger partial charge >= 0.3 is 0 Å². The van der Waals surface area contributed by atoms with Crippen molar-refractivity contribution >= 4 is 52.5 Å². The number of rotatable bonds is 6. The predicted molar refractivity (Wildman–Crippen MR) is 120 cm³/mol. The van der Waals surface area contributed by atoms with Crippen LogP contribution in [0.3, 0.4) is 0 Å². The topological polar surface area (TPSA) is 101 Å². The second-order valence-corrected chi connectivity index (χ2v) is 7.15. The molecular weight excluding hydrogens is 441 g/mol. The average molecular weight is 456 g/mol. The smallest absolute Gasteiger partial charge is 0.272 e. The number of anilines is 1. The van der Waals surface area contributed by atoms with Crippen molar-refractivity contribution in [2.45, 2.75) is 0 Å². The van der Waals surface area contributed by atoms with E-state index in [-0.39, 0.29) is 22.1 Å². The zero-order chi connectivity index (χ0) is 22.4. The quantitative estimate of drug-likeness (QED) is 0.298. The summed E-state index contributed by atoms with van der Waals surface area (Å²) in [5.41, 5.74) is 0.913. The molecule has 0 spiro atoms. The van der Waals surface area contributed by atoms with Crippen LogP contribution in [0.5, 0.6) is 0 Å². The lowest BCUT2D eigenvalue weighted by Crippen LogP contribution is -2.30. The second-order valence-electron chi connectivity index (χ2n) is 6.31. The summed E-state index contributed by atoms with van der Waals surface area (Å²) in [4.78, 5) is 35.8. The minimum Gasteiger partial charge on any atom is -0.319 e. The molecule has 3 aromatic carbocycles. The third-order valence-corrected chi connectivity index (χ3v) is 4.69. The Morgan fingerprint density at radius 3 is 2.26 bits per heavy atom. The van der Waals surface area contributed by atoms with Crippen LogP contribution in [0.1, 0.15) is 15.9 Å². The molecule has 0 aromatic heterocycles. The number of hydrogen-bond donors (Lipinski definition) is 2. The molecule has 7 nitrogen and oxygen atoms in total. The maximum Gasteiger partial charge on any atom is 0.272 e. The Labute approximate surface area is 187 Å². The van der Waals surface area contributed by atoms with Crippen molar-refractivity contribution in [3.63, 3.8) is 0 Å². The molecule has 0 aliphatic rings. The predicted octanol–water partition coefficient (Wildman–Crippen LogP) is 5.31. The van der Waals surface area contributed by atoms with Gasteiger partial charge in [-0.15, -0.1) is 0 Å². The van der Waals surface area contributed by atoms with Crippen molar-refractivity contribution in [3.8, 4) is 0 Å². The molecule has 9 heteroatoms. The maximum atomic E-state index is 12.9. The summed E-state index contributed by atoms with van der Waals surface area (Å²) in [7, 11) is 0. The molecule has 0 aliphatic carbocycles. The molecule has 0 atom stereocenters. The van der Waals surface area contributed by atoms with Gasteiger partial charge < -0.3 is 10.6 Å². The van der Waals surface area contributed by atoms with Crippen LogP contribution < -0.4 is 10.6 Å². The van der Waals surface area contributed by atoms with E-state index >= 15 is 0 Å². The number of non-ortho nitro benzene ring substituents is 1. The molecule has 0 radical (unpaired) electrons. The van der Waals surface area contributed by atoms with Gasteiger partial charge in [0, 0.05) is 22.7 Å². The van der Waals surface area contributed by atoms with Crippen LogP contribution in [0, 0.1) is 10.1 Å². The number of hydrogen-bond acceptors (Lipinski definition) is 4. The third-order valence-electron chi connectivity index (χ3n) is 4.12. The number of halogens is 2. The van der Waals surface area contributed by atoms with Crippen LogP contribution in [0.25, 0.3) is 6.08 Å². The summed E-state index contributed by atoms with van der Waals surface area (Å²) in [5, 5.41) is 16.7. The van der Waals surface area contributed by atoms with Gasteiger partial charge in [0.1, 0.15) is 5.70 Å². The maximum absolute atomic E-state index is 12.9. The first-order chi connectivity index (χ1) is 14.8. The molecule has 0 aliphatic heterocycles. The highest BCUT2D eigenvalue weighted by Gasteiger charge is 2.16. The van der Waals surface area contributed by atoms with E-state index in [1.165, 1.54) is 42.5 Å². The Balaban J connectivity index is 1.92. The molecule has 3 aromatic rings. The molecule has 0 saturated heterocycles. The van der Waals surface area contributed by atoms with Gasteiger partial charge in [-0.3, -0.25) is 19.7 Å². The molecule has 2 amide bonds. The lowest BCUT2D eigenvalue weighted by molar-refractivity contribution is -0.384. The summed E-state index contributed by atoms with van der Waals surface area (Å²) in [6.45, 7) is 0. The molecule has 156 valence electrons. The number of benzene rings is 3. The van der Waals surface area contributed by atoms with Crippen LogP contribution in [0.15, 0.2) is 78.5 Å². The third kappa shape index (κ3) is 5.91. The molecule has 3 rings (SSSR count). The van der Waals surface area contributed by atoms with E-state index in [2.05, 4.69) is 10.6 Å². The van der Waals surface area contributed by atoms with Crippen LogP contribution >= 0.6 is 23.2 Å². The highest BCUT2D eigenvalue weighted by Crippen LogP contribution is 2.26. The first-order valence-corrected chi connectivity index (χ1v) is 9.68. The van der Waals surface area contributed by atoms with E-state index in [1.54, 1.807) is 36.4 Å². The van der Waals surface area contributed by atoms with Crippen molar-refractivity contribution in [3.05, 3.63) is 110 Å². The Kier molecular flexibility index (Phi) is 7.02. The van der Waals surface area contributed by atoms with Crippen molar-refractivity contribution in [2.24, 2.45) is 0 Å². The second kappa shape index (κ2) is 9.88. The molecule has 0 fully saturated rings. The summed E-state index contributed by atoms with van der Waals surface area (Å²) in [6.07, 6.45) is 1.40. The highest BCUT2D eigenvalue weighted by atomic mass is 35.5. The van der Waals surface area contributed by atoms with Crippen molar-refractivity contribution in [2.75, 3.05) is 5.32 Å². The zero-order valence-corrected chi connectivity index (χ0v) is 17.4. The SMILES string of the molecule is O=C(Nc1cc(Cl)ccc1Cl)C(=Cc1ccc([N+](=O)[O-])cc1)NC(=O)c1ccccc1. The van der Waals surface area contributed by atoms with E-state index in [9.17, 15) is 19.7 Å². The van der Waals surface area contributed by atoms with Crippen LogP contribution in [0.2, 0.25) is 10.0 Å². The van der Waals surface area contributed by atoms with Crippen LogP contribution in [-0.4, -0.2) is 16.7 Å². The standard InChI is InChI=1S/C22H15Cl2N3O4/c23-16-8-11-18(24)19(13-16)25-22(29)20(26-21(28)15-4-2-1-3-5-15)12-14-6-9-17(10-7-14)27(30)31/h1-13H,(H,25,29)(H,26,28). The van der Waals surface area contributed by atoms with Gasteiger partial charge in [0.15, 0.2) is 0 Å². The lowest BCUT2D eigenvalue weighted by Gasteiger charge is -2.12. The Hall–Kier alpha value is -3.68. The largest absolute Gasteiger partial charge is 0.319 e. The first-order valence-electron chi connectivity index (χ1n) is 8.92. The Bertz CT molecular complexity index is 1160. The monoisotopic (exact) mass is 455 g/mol. The van der Waals surface area contributed by atoms with Gasteiger partial charge in [0.25, 0.3) is 17.5 Å². The molecule has 2 N–H and O–H groups in total. The Morgan fingerprint density at radius 1 is 0.935 bits per heavy atom. The molecule has 0 heterocycles. The molecule has 0 bridgehead atoms. The minimum absolute atomic E-state index is 0.0845. The van der Waals surface area contributed by atoms with Gasteiger partial charge in [0.05, 0.1) is 15.6 Å². The number of carbonyl (C=O) groups is 2. The number of nitrogens with one attached hydrogen (secondary N) is 2. The summed E-state index contributed by atoms with van der Waals surface area (Å²) >= 11 is 12.1. The molecular formula is C22H15Cl2N3O4. The van der Waals surface area contributed by atoms with Crippen molar-refractivity contribution < 1.29 is 14.5 Å². The number of nitrogens with zero attached hydrogens (tertiary/aromatic N) is 1. The number of amides is 2. The van der Waals surface area contributed by atoms with Gasteiger partial charge in [-0.05, 0) is 54.1 Å². The lowest BCUT2D eigenvalue weighted by atomic mass is 10.1. The fraction of sp³-hybridized carbons (Fsp3) is 0. The average Bonchev–Trinajstić information content (AvgIpc) is 2.76. The minimum atomic E-state index is -0.646. The van der Waals surface area contributed by atoms with Crippen LogP contribution in [0.4, 0.5) is 11.4 Å². The fourth-order valence-electron chi connectivity index (χ4n) is 2.58. The van der Waals surface area contributed by atoms with E-state index in [4.69, 9.17) is 23.2 Å². The van der Waals surface area contributed by atoms with Gasteiger partial charge in [-0.1, -0.05) is 41.4 Å². The molecule has 31 heavy (non-hydrogen) atoms. The van der Waals surface area contributed by atoms with Crippen molar-refractivity contribution in [1.29, 1.82) is 0 Å². The van der Waals surface area contributed by atoms with Crippen molar-refractivity contribution in [1.82, 2.24) is 5.32 Å². The van der Waals surface area contributed by atoms with Gasteiger partial charge in [-0.2, -0.15) is 0 Å². The molecule has 0 unspecified atom stereocenters.